The fourth-order valence-electron chi connectivity index (χ4n) is 2.25. The average Bonchev–Trinajstić information content (AvgIpc) is 3.06. The molecule has 0 aliphatic heterocycles. The van der Waals surface area contributed by atoms with Gasteiger partial charge >= 0.3 is 0 Å². The van der Waals surface area contributed by atoms with Crippen LogP contribution < -0.4 is 11.3 Å². The van der Waals surface area contributed by atoms with Crippen LogP contribution in [0.2, 0.25) is 0 Å². The van der Waals surface area contributed by atoms with Gasteiger partial charge < -0.3 is 0 Å². The molecule has 2 atom stereocenters. The van der Waals surface area contributed by atoms with Gasteiger partial charge in [0.25, 0.3) is 0 Å². The van der Waals surface area contributed by atoms with Crippen LogP contribution >= 0.6 is 11.8 Å². The molecule has 0 aromatic carbocycles. The highest BCUT2D eigenvalue weighted by Crippen LogP contribution is 2.33. The number of carbonyl (C=O) groups excluding carboxylic acids is 1. The zero-order valence-electron chi connectivity index (χ0n) is 11.2. The van der Waals surface area contributed by atoms with Crippen molar-refractivity contribution >= 4 is 17.7 Å². The molecule has 1 amide bonds. The maximum Gasteiger partial charge on any atom is 0.237 e. The van der Waals surface area contributed by atoms with Gasteiger partial charge in [0.2, 0.25) is 11.1 Å². The number of hydrogen-bond donors (Lipinski definition) is 2. The molecule has 2 rings (SSSR count). The van der Waals surface area contributed by atoms with Crippen LogP contribution in [0.1, 0.15) is 45.6 Å². The van der Waals surface area contributed by atoms with Crippen molar-refractivity contribution in [3.8, 4) is 0 Å². The second-order valence-corrected chi connectivity index (χ2v) is 6.31. The third-order valence-electron chi connectivity index (χ3n) is 3.68. The van der Waals surface area contributed by atoms with E-state index in [1.807, 2.05) is 18.5 Å². The van der Waals surface area contributed by atoms with Crippen molar-refractivity contribution < 1.29 is 4.79 Å². The number of carbonyl (C=O) groups is 1. The minimum atomic E-state index is -0.191. The molecule has 1 aromatic heterocycles. The maximum atomic E-state index is 11.5. The molecule has 1 aliphatic carbocycles. The minimum Gasteiger partial charge on any atom is -0.294 e. The molecule has 1 aromatic rings. The van der Waals surface area contributed by atoms with Gasteiger partial charge in [0.15, 0.2) is 0 Å². The summed E-state index contributed by atoms with van der Waals surface area (Å²) in [5.74, 6) is 4.80. The van der Waals surface area contributed by atoms with Crippen LogP contribution in [0.15, 0.2) is 5.16 Å². The van der Waals surface area contributed by atoms with E-state index in [4.69, 9.17) is 5.84 Å². The molecule has 0 radical (unpaired) electrons. The second kappa shape index (κ2) is 6.33. The van der Waals surface area contributed by atoms with Gasteiger partial charge in [0.05, 0.1) is 6.04 Å². The van der Waals surface area contributed by atoms with Gasteiger partial charge in [-0.1, -0.05) is 38.5 Å². The summed E-state index contributed by atoms with van der Waals surface area (Å²) in [6.07, 6.45) is 4.73. The number of amides is 1. The first-order valence-electron chi connectivity index (χ1n) is 6.58. The lowest BCUT2D eigenvalue weighted by Crippen LogP contribution is -2.38. The lowest BCUT2D eigenvalue weighted by Gasteiger charge is -2.18. The van der Waals surface area contributed by atoms with E-state index < -0.39 is 0 Å². The van der Waals surface area contributed by atoms with E-state index in [-0.39, 0.29) is 17.1 Å². The Kier molecular flexibility index (Phi) is 4.76. The summed E-state index contributed by atoms with van der Waals surface area (Å²) in [6, 6.07) is 0.406. The van der Waals surface area contributed by atoms with Gasteiger partial charge in [-0.15, -0.1) is 5.10 Å². The zero-order chi connectivity index (χ0) is 13.8. The van der Waals surface area contributed by atoms with E-state index in [1.54, 1.807) is 0 Å². The first-order valence-corrected chi connectivity index (χ1v) is 7.46. The third-order valence-corrected chi connectivity index (χ3v) is 4.94. The molecule has 2 unspecified atom stereocenters. The second-order valence-electron chi connectivity index (χ2n) is 4.96. The summed E-state index contributed by atoms with van der Waals surface area (Å²) in [4.78, 5) is 11.5. The maximum absolute atomic E-state index is 11.5. The van der Waals surface area contributed by atoms with Gasteiger partial charge in [-0.25, -0.2) is 10.5 Å². The fraction of sp³-hybridized carbons (Fsp3) is 0.818. The lowest BCUT2D eigenvalue weighted by atomic mass is 10.1. The molecule has 1 saturated carbocycles. The van der Waals surface area contributed by atoms with Crippen molar-refractivity contribution in [3.05, 3.63) is 0 Å². The standard InChI is InChI=1S/C11H20N6OS/c1-7(10(18)13-12)8(2)19-11-14-15-16-17(11)9-5-3-4-6-9/h7-9H,3-6,12H2,1-2H3,(H,13,18). The van der Waals surface area contributed by atoms with E-state index in [0.717, 1.165) is 18.0 Å². The topological polar surface area (TPSA) is 98.7 Å². The predicted octanol–water partition coefficient (Wildman–Crippen LogP) is 0.895. The highest BCUT2D eigenvalue weighted by atomic mass is 32.2. The van der Waals surface area contributed by atoms with E-state index in [9.17, 15) is 4.79 Å². The largest absolute Gasteiger partial charge is 0.294 e. The Balaban J connectivity index is 2.02. The molecule has 7 nitrogen and oxygen atoms in total. The normalized spacial score (nSPS) is 19.3. The molecule has 0 spiro atoms. The van der Waals surface area contributed by atoms with Gasteiger partial charge in [-0.2, -0.15) is 0 Å². The van der Waals surface area contributed by atoms with Crippen LogP contribution in [0.25, 0.3) is 0 Å². The van der Waals surface area contributed by atoms with Gasteiger partial charge in [0.1, 0.15) is 0 Å². The molecular formula is C11H20N6OS. The number of thioether (sulfide) groups is 1. The van der Waals surface area contributed by atoms with E-state index in [1.165, 1.54) is 24.6 Å². The molecule has 0 saturated heterocycles. The van der Waals surface area contributed by atoms with Crippen LogP contribution in [0.3, 0.4) is 0 Å². The average molecular weight is 284 g/mol. The van der Waals surface area contributed by atoms with Gasteiger partial charge in [0, 0.05) is 11.2 Å². The summed E-state index contributed by atoms with van der Waals surface area (Å²) in [5, 5.41) is 12.8. The van der Waals surface area contributed by atoms with Crippen molar-refractivity contribution in [1.29, 1.82) is 0 Å². The summed E-state index contributed by atoms with van der Waals surface area (Å²) in [7, 11) is 0. The minimum absolute atomic E-state index is 0.0645. The van der Waals surface area contributed by atoms with Crippen LogP contribution in [0.4, 0.5) is 0 Å². The number of tetrazole rings is 1. The van der Waals surface area contributed by atoms with Crippen molar-refractivity contribution in [1.82, 2.24) is 25.6 Å². The highest BCUT2D eigenvalue weighted by molar-refractivity contribution is 7.99. The monoisotopic (exact) mass is 284 g/mol. The Morgan fingerprint density at radius 1 is 1.47 bits per heavy atom. The lowest BCUT2D eigenvalue weighted by molar-refractivity contribution is -0.124. The van der Waals surface area contributed by atoms with Crippen molar-refractivity contribution in [2.24, 2.45) is 11.8 Å². The van der Waals surface area contributed by atoms with Crippen LogP contribution in [-0.4, -0.2) is 31.4 Å². The van der Waals surface area contributed by atoms with Gasteiger partial charge in [-0.05, 0) is 23.3 Å². The molecule has 3 N–H and O–H groups in total. The third kappa shape index (κ3) is 3.24. The highest BCUT2D eigenvalue weighted by Gasteiger charge is 2.26. The Bertz CT molecular complexity index is 431. The Morgan fingerprint density at radius 3 is 2.79 bits per heavy atom. The number of nitrogens with two attached hydrogens (primary N) is 1. The molecule has 19 heavy (non-hydrogen) atoms. The number of hydrogen-bond acceptors (Lipinski definition) is 6. The molecule has 1 heterocycles. The summed E-state index contributed by atoms with van der Waals surface area (Å²) in [6.45, 7) is 3.84. The number of rotatable bonds is 5. The Morgan fingerprint density at radius 2 is 2.16 bits per heavy atom. The van der Waals surface area contributed by atoms with Crippen LogP contribution in [-0.2, 0) is 4.79 Å². The zero-order valence-corrected chi connectivity index (χ0v) is 12.1. The number of aromatic nitrogens is 4. The van der Waals surface area contributed by atoms with E-state index >= 15 is 0 Å². The smallest absolute Gasteiger partial charge is 0.237 e. The quantitative estimate of drug-likeness (QED) is 0.361. The van der Waals surface area contributed by atoms with Crippen LogP contribution in [0, 0.1) is 5.92 Å². The predicted molar refractivity (Wildman–Crippen MR) is 72.1 cm³/mol. The summed E-state index contributed by atoms with van der Waals surface area (Å²) < 4.78 is 1.90. The van der Waals surface area contributed by atoms with Gasteiger partial charge in [-0.3, -0.25) is 10.2 Å². The molecule has 1 aliphatic rings. The molecular weight excluding hydrogens is 264 g/mol. The molecule has 8 heteroatoms. The number of hydrazine groups is 1. The summed E-state index contributed by atoms with van der Waals surface area (Å²) >= 11 is 1.53. The Hall–Kier alpha value is -1.15. The van der Waals surface area contributed by atoms with Crippen molar-refractivity contribution in [3.63, 3.8) is 0 Å². The molecule has 0 bridgehead atoms. The van der Waals surface area contributed by atoms with E-state index in [0.29, 0.717) is 6.04 Å². The summed E-state index contributed by atoms with van der Waals surface area (Å²) in [5.41, 5.74) is 2.18. The SMILES string of the molecule is CC(Sc1nnnn1C1CCCC1)C(C)C(=O)NN. The fourth-order valence-corrected chi connectivity index (χ4v) is 3.29. The van der Waals surface area contributed by atoms with E-state index in [2.05, 4.69) is 21.0 Å². The molecule has 1 fully saturated rings. The Labute approximate surface area is 116 Å². The molecule has 106 valence electrons. The number of nitrogens with zero attached hydrogens (tertiary/aromatic N) is 4. The first-order chi connectivity index (χ1) is 9.13. The van der Waals surface area contributed by atoms with Crippen molar-refractivity contribution in [2.75, 3.05) is 0 Å². The number of nitrogens with one attached hydrogen (secondary N) is 1. The first kappa shape index (κ1) is 14.3. The van der Waals surface area contributed by atoms with Crippen LogP contribution in [0.5, 0.6) is 0 Å². The van der Waals surface area contributed by atoms with Crippen molar-refractivity contribution in [2.45, 2.75) is 56.0 Å².